The molecule has 0 saturated heterocycles. The fraction of sp³-hybridized carbons (Fsp3) is 0.167. The molecule has 0 unspecified atom stereocenters. The van der Waals surface area contributed by atoms with Crippen molar-refractivity contribution in [1.82, 2.24) is 4.98 Å². The Morgan fingerprint density at radius 3 is 2.55 bits per heavy atom. The molecule has 2 aromatic rings. The molecule has 0 radical (unpaired) electrons. The Bertz CT molecular complexity index is 673. The Hall–Kier alpha value is -2.09. The zero-order chi connectivity index (χ0) is 14.9. The molecular weight excluding hydrogens is 293 g/mol. The number of ether oxygens (including phenoxy) is 1. The lowest BCUT2D eigenvalue weighted by Crippen LogP contribution is -2.03. The first-order valence-corrected chi connectivity index (χ1v) is 6.21. The normalized spacial score (nSPS) is 10.4. The number of nitrogens with one attached hydrogen (secondary N) is 1. The monoisotopic (exact) mass is 302 g/mol. The summed E-state index contributed by atoms with van der Waals surface area (Å²) in [5, 5.41) is 2.67. The zero-order valence-corrected chi connectivity index (χ0v) is 11.3. The van der Waals surface area contributed by atoms with Gasteiger partial charge in [-0.15, -0.1) is 11.3 Å². The van der Waals surface area contributed by atoms with Gasteiger partial charge in [-0.25, -0.2) is 22.9 Å². The van der Waals surface area contributed by atoms with E-state index in [-0.39, 0.29) is 16.5 Å². The number of rotatable bonds is 3. The van der Waals surface area contributed by atoms with Crippen LogP contribution in [0.2, 0.25) is 0 Å². The molecule has 0 aliphatic rings. The minimum absolute atomic E-state index is 0.0861. The highest BCUT2D eigenvalue weighted by atomic mass is 32.1. The van der Waals surface area contributed by atoms with Crippen LogP contribution in [0.4, 0.5) is 24.0 Å². The van der Waals surface area contributed by atoms with Crippen molar-refractivity contribution in [2.24, 2.45) is 0 Å². The van der Waals surface area contributed by atoms with Gasteiger partial charge in [0.15, 0.2) is 22.5 Å². The van der Waals surface area contributed by atoms with Gasteiger partial charge in [-0.2, -0.15) is 0 Å². The van der Waals surface area contributed by atoms with Gasteiger partial charge < -0.3 is 10.1 Å². The molecule has 1 aromatic heterocycles. The van der Waals surface area contributed by atoms with Gasteiger partial charge in [-0.1, -0.05) is 0 Å². The van der Waals surface area contributed by atoms with E-state index in [9.17, 15) is 18.0 Å². The molecule has 0 fully saturated rings. The van der Waals surface area contributed by atoms with Crippen molar-refractivity contribution in [1.29, 1.82) is 0 Å². The second-order valence-electron chi connectivity index (χ2n) is 3.79. The molecule has 0 bridgehead atoms. The second-order valence-corrected chi connectivity index (χ2v) is 4.99. The highest BCUT2D eigenvalue weighted by Crippen LogP contribution is 2.28. The van der Waals surface area contributed by atoms with Gasteiger partial charge in [0.1, 0.15) is 5.82 Å². The summed E-state index contributed by atoms with van der Waals surface area (Å²) < 4.78 is 43.9. The predicted molar refractivity (Wildman–Crippen MR) is 67.8 cm³/mol. The van der Waals surface area contributed by atoms with Crippen LogP contribution in [0.25, 0.3) is 0 Å². The maximum absolute atomic E-state index is 13.5. The fourth-order valence-electron chi connectivity index (χ4n) is 1.47. The number of hydrogen-bond acceptors (Lipinski definition) is 5. The van der Waals surface area contributed by atoms with E-state index in [0.717, 1.165) is 11.3 Å². The number of carbonyl (C=O) groups excluding carboxylic acids is 1. The van der Waals surface area contributed by atoms with Crippen LogP contribution >= 0.6 is 11.3 Å². The van der Waals surface area contributed by atoms with E-state index < -0.39 is 23.4 Å². The molecule has 2 rings (SSSR count). The fourth-order valence-corrected chi connectivity index (χ4v) is 2.28. The van der Waals surface area contributed by atoms with Gasteiger partial charge in [0.25, 0.3) is 0 Å². The highest BCUT2D eigenvalue weighted by Gasteiger charge is 2.17. The largest absolute Gasteiger partial charge is 0.464 e. The average Bonchev–Trinajstić information content (AvgIpc) is 2.76. The summed E-state index contributed by atoms with van der Waals surface area (Å²) >= 11 is 1.07. The number of aryl methyl sites for hydroxylation is 1. The van der Waals surface area contributed by atoms with Crippen molar-refractivity contribution in [3.63, 3.8) is 0 Å². The number of benzene rings is 1. The van der Waals surface area contributed by atoms with E-state index >= 15 is 0 Å². The maximum Gasteiger partial charge on any atom is 0.357 e. The van der Waals surface area contributed by atoms with Crippen molar-refractivity contribution >= 4 is 28.1 Å². The van der Waals surface area contributed by atoms with Crippen LogP contribution < -0.4 is 5.32 Å². The third kappa shape index (κ3) is 2.74. The molecule has 0 aliphatic carbocycles. The first kappa shape index (κ1) is 14.3. The third-order valence-corrected chi connectivity index (χ3v) is 3.31. The summed E-state index contributed by atoms with van der Waals surface area (Å²) in [6.07, 6.45) is 0. The Morgan fingerprint density at radius 1 is 1.25 bits per heavy atom. The number of anilines is 2. The average molecular weight is 302 g/mol. The van der Waals surface area contributed by atoms with Crippen molar-refractivity contribution in [2.45, 2.75) is 6.92 Å². The molecule has 0 amide bonds. The quantitative estimate of drug-likeness (QED) is 0.697. The molecule has 4 nitrogen and oxygen atoms in total. The summed E-state index contributed by atoms with van der Waals surface area (Å²) in [4.78, 5) is 15.9. The highest BCUT2D eigenvalue weighted by molar-refractivity contribution is 7.15. The standard InChI is InChI=1S/C12H9F3N2O2S/c1-5-10(11(18)19-2)17-12(20-5)16-9-4-7(14)6(13)3-8(9)15/h3-4H,1-2H3,(H,16,17). The Balaban J connectivity index is 2.31. The van der Waals surface area contributed by atoms with Crippen molar-refractivity contribution in [3.8, 4) is 0 Å². The maximum atomic E-state index is 13.5. The molecule has 0 spiro atoms. The van der Waals surface area contributed by atoms with Crippen LogP contribution in [-0.4, -0.2) is 18.1 Å². The number of thiazole rings is 1. The van der Waals surface area contributed by atoms with Gasteiger partial charge in [0, 0.05) is 17.0 Å². The summed E-state index contributed by atoms with van der Waals surface area (Å²) in [6, 6.07) is 1.11. The first-order chi connectivity index (χ1) is 9.42. The topological polar surface area (TPSA) is 51.2 Å². The molecular formula is C12H9F3N2O2S. The molecule has 106 valence electrons. The lowest BCUT2D eigenvalue weighted by molar-refractivity contribution is 0.0594. The lowest BCUT2D eigenvalue weighted by Gasteiger charge is -2.04. The number of aromatic nitrogens is 1. The molecule has 1 N–H and O–H groups in total. The van der Waals surface area contributed by atoms with Crippen molar-refractivity contribution < 1.29 is 22.7 Å². The van der Waals surface area contributed by atoms with Gasteiger partial charge in [-0.05, 0) is 6.92 Å². The van der Waals surface area contributed by atoms with Gasteiger partial charge in [0.05, 0.1) is 12.8 Å². The SMILES string of the molecule is COC(=O)c1nc(Nc2cc(F)c(F)cc2F)sc1C. The molecule has 8 heteroatoms. The van der Waals surface area contributed by atoms with Crippen LogP contribution in [0.15, 0.2) is 12.1 Å². The van der Waals surface area contributed by atoms with E-state index in [1.165, 1.54) is 7.11 Å². The zero-order valence-electron chi connectivity index (χ0n) is 10.5. The van der Waals surface area contributed by atoms with E-state index in [4.69, 9.17) is 0 Å². The number of esters is 1. The smallest absolute Gasteiger partial charge is 0.357 e. The van der Waals surface area contributed by atoms with E-state index in [2.05, 4.69) is 15.0 Å². The predicted octanol–water partition coefficient (Wildman–Crippen LogP) is 3.40. The number of halogens is 3. The minimum atomic E-state index is -1.28. The van der Waals surface area contributed by atoms with E-state index in [1.54, 1.807) is 6.92 Å². The molecule has 20 heavy (non-hydrogen) atoms. The van der Waals surface area contributed by atoms with Crippen LogP contribution in [0.5, 0.6) is 0 Å². The van der Waals surface area contributed by atoms with Crippen LogP contribution in [-0.2, 0) is 4.74 Å². The number of hydrogen-bond donors (Lipinski definition) is 1. The van der Waals surface area contributed by atoms with E-state index in [0.29, 0.717) is 17.0 Å². The van der Waals surface area contributed by atoms with Crippen molar-refractivity contribution in [3.05, 3.63) is 40.2 Å². The van der Waals surface area contributed by atoms with Gasteiger partial charge >= 0.3 is 5.97 Å². The molecule has 0 saturated carbocycles. The lowest BCUT2D eigenvalue weighted by atomic mass is 10.3. The summed E-state index contributed by atoms with van der Waals surface area (Å²) in [5.74, 6) is -4.05. The number of carbonyl (C=O) groups is 1. The molecule has 1 aromatic carbocycles. The third-order valence-electron chi connectivity index (χ3n) is 2.43. The van der Waals surface area contributed by atoms with E-state index in [1.807, 2.05) is 0 Å². The number of nitrogens with zero attached hydrogens (tertiary/aromatic N) is 1. The Labute approximate surface area is 116 Å². The Morgan fingerprint density at radius 2 is 1.90 bits per heavy atom. The van der Waals surface area contributed by atoms with Gasteiger partial charge in [-0.3, -0.25) is 0 Å². The molecule has 1 heterocycles. The van der Waals surface area contributed by atoms with Crippen LogP contribution in [0.3, 0.4) is 0 Å². The van der Waals surface area contributed by atoms with Gasteiger partial charge in [0.2, 0.25) is 0 Å². The summed E-state index contributed by atoms with van der Waals surface area (Å²) in [6.45, 7) is 1.64. The van der Waals surface area contributed by atoms with Crippen molar-refractivity contribution in [2.75, 3.05) is 12.4 Å². The number of methoxy groups -OCH3 is 1. The molecule has 0 aliphatic heterocycles. The second kappa shape index (κ2) is 5.49. The summed E-state index contributed by atoms with van der Waals surface area (Å²) in [7, 11) is 1.21. The first-order valence-electron chi connectivity index (χ1n) is 5.39. The van der Waals surface area contributed by atoms with Crippen LogP contribution in [0, 0.1) is 24.4 Å². The minimum Gasteiger partial charge on any atom is -0.464 e. The molecule has 0 atom stereocenters. The van der Waals surface area contributed by atoms with Crippen LogP contribution in [0.1, 0.15) is 15.4 Å². The Kier molecular flexibility index (Phi) is 3.93. The summed E-state index contributed by atoms with van der Waals surface area (Å²) in [5.41, 5.74) is -0.183.